The van der Waals surface area contributed by atoms with Gasteiger partial charge in [0.2, 0.25) is 0 Å². The molecule has 0 spiro atoms. The van der Waals surface area contributed by atoms with Crippen molar-refractivity contribution >= 4 is 17.0 Å². The van der Waals surface area contributed by atoms with Gasteiger partial charge in [-0.2, -0.15) is 0 Å². The van der Waals surface area contributed by atoms with Gasteiger partial charge in [-0.15, -0.1) is 0 Å². The molecule has 0 aliphatic carbocycles. The molecule has 122 valence electrons. The maximum atomic E-state index is 12.6. The van der Waals surface area contributed by atoms with Gasteiger partial charge in [-0.05, 0) is 42.9 Å². The number of pyridine rings is 1. The van der Waals surface area contributed by atoms with Crippen LogP contribution in [0.2, 0.25) is 0 Å². The number of furan rings is 1. The maximum absolute atomic E-state index is 12.6. The van der Waals surface area contributed by atoms with E-state index in [1.54, 1.807) is 12.3 Å². The number of likely N-dealkylation sites (tertiary alicyclic amines) is 1. The molecule has 0 radical (unpaired) electrons. The largest absolute Gasteiger partial charge is 0.449 e. The summed E-state index contributed by atoms with van der Waals surface area (Å²) in [5, 5.41) is 0. The van der Waals surface area contributed by atoms with Crippen molar-refractivity contribution in [3.8, 4) is 0 Å². The van der Waals surface area contributed by atoms with E-state index in [0.29, 0.717) is 17.3 Å². The van der Waals surface area contributed by atoms with E-state index in [4.69, 9.17) is 4.42 Å². The number of hydrogen-bond acceptors (Lipinski definition) is 3. The van der Waals surface area contributed by atoms with Gasteiger partial charge in [0.25, 0.3) is 5.91 Å². The normalized spacial score (nSPS) is 15.8. The van der Waals surface area contributed by atoms with E-state index in [2.05, 4.69) is 29.2 Å². The van der Waals surface area contributed by atoms with Gasteiger partial charge in [-0.1, -0.05) is 30.3 Å². The summed E-state index contributed by atoms with van der Waals surface area (Å²) in [6.07, 6.45) is 4.89. The lowest BCUT2D eigenvalue weighted by Gasteiger charge is -2.31. The van der Waals surface area contributed by atoms with E-state index < -0.39 is 0 Å². The molecule has 1 aliphatic heterocycles. The van der Waals surface area contributed by atoms with Crippen LogP contribution in [-0.4, -0.2) is 28.9 Å². The van der Waals surface area contributed by atoms with Crippen molar-refractivity contribution < 1.29 is 9.21 Å². The first-order valence-electron chi connectivity index (χ1n) is 8.47. The average Bonchev–Trinajstić information content (AvgIpc) is 3.07. The Labute approximate surface area is 141 Å². The van der Waals surface area contributed by atoms with Crippen LogP contribution in [0.4, 0.5) is 0 Å². The van der Waals surface area contributed by atoms with E-state index in [9.17, 15) is 4.79 Å². The second-order valence-electron chi connectivity index (χ2n) is 6.42. The van der Waals surface area contributed by atoms with Crippen LogP contribution in [0.15, 0.2) is 59.1 Å². The first-order valence-corrected chi connectivity index (χ1v) is 8.47. The number of hydrogen-bond donors (Lipinski definition) is 0. The van der Waals surface area contributed by atoms with Gasteiger partial charge in [0, 0.05) is 25.4 Å². The number of amides is 1. The number of aromatic nitrogens is 1. The SMILES string of the molecule is O=C(c1cc2ncccc2o1)N1CCC(Cc2ccccc2)CC1. The molecular weight excluding hydrogens is 300 g/mol. The van der Waals surface area contributed by atoms with Gasteiger partial charge in [0.15, 0.2) is 11.3 Å². The Morgan fingerprint density at radius 3 is 2.67 bits per heavy atom. The summed E-state index contributed by atoms with van der Waals surface area (Å²) in [6.45, 7) is 1.58. The molecule has 3 aromatic rings. The van der Waals surface area contributed by atoms with Gasteiger partial charge in [-0.3, -0.25) is 9.78 Å². The van der Waals surface area contributed by atoms with Crippen molar-refractivity contribution in [1.29, 1.82) is 0 Å². The minimum atomic E-state index is -0.0221. The summed E-state index contributed by atoms with van der Waals surface area (Å²) in [4.78, 5) is 18.8. The third kappa shape index (κ3) is 3.04. The number of benzene rings is 1. The van der Waals surface area contributed by atoms with E-state index in [0.717, 1.165) is 37.9 Å². The summed E-state index contributed by atoms with van der Waals surface area (Å²) in [7, 11) is 0. The zero-order valence-electron chi connectivity index (χ0n) is 13.5. The van der Waals surface area contributed by atoms with Crippen LogP contribution in [0.1, 0.15) is 29.0 Å². The van der Waals surface area contributed by atoms with Gasteiger partial charge < -0.3 is 9.32 Å². The molecule has 1 fully saturated rings. The lowest BCUT2D eigenvalue weighted by Crippen LogP contribution is -2.38. The van der Waals surface area contributed by atoms with E-state index >= 15 is 0 Å². The Balaban J connectivity index is 1.39. The number of nitrogens with zero attached hydrogens (tertiary/aromatic N) is 2. The Morgan fingerprint density at radius 1 is 1.12 bits per heavy atom. The summed E-state index contributed by atoms with van der Waals surface area (Å²) in [6, 6.07) is 16.0. The number of piperidine rings is 1. The smallest absolute Gasteiger partial charge is 0.289 e. The molecule has 0 saturated carbocycles. The van der Waals surface area contributed by atoms with E-state index in [1.807, 2.05) is 23.1 Å². The highest BCUT2D eigenvalue weighted by molar-refractivity contribution is 5.95. The number of carbonyl (C=O) groups excluding carboxylic acids is 1. The van der Waals surface area contributed by atoms with Crippen molar-refractivity contribution in [2.24, 2.45) is 5.92 Å². The molecule has 1 aromatic carbocycles. The molecule has 0 N–H and O–H groups in total. The molecule has 0 unspecified atom stereocenters. The Kier molecular flexibility index (Phi) is 4.03. The number of carbonyl (C=O) groups is 1. The summed E-state index contributed by atoms with van der Waals surface area (Å²) in [5.41, 5.74) is 2.78. The first kappa shape index (κ1) is 14.9. The van der Waals surface area contributed by atoms with Crippen molar-refractivity contribution in [3.63, 3.8) is 0 Å². The second-order valence-corrected chi connectivity index (χ2v) is 6.42. The third-order valence-electron chi connectivity index (χ3n) is 4.77. The zero-order chi connectivity index (χ0) is 16.4. The number of fused-ring (bicyclic) bond motifs is 1. The number of rotatable bonds is 3. The molecule has 3 heterocycles. The van der Waals surface area contributed by atoms with Gasteiger partial charge in [0.1, 0.15) is 5.52 Å². The van der Waals surface area contributed by atoms with Crippen molar-refractivity contribution in [2.45, 2.75) is 19.3 Å². The molecular formula is C20H20N2O2. The molecule has 24 heavy (non-hydrogen) atoms. The van der Waals surface area contributed by atoms with Crippen molar-refractivity contribution in [2.75, 3.05) is 13.1 Å². The highest BCUT2D eigenvalue weighted by Crippen LogP contribution is 2.24. The quantitative estimate of drug-likeness (QED) is 0.735. The maximum Gasteiger partial charge on any atom is 0.289 e. The van der Waals surface area contributed by atoms with Crippen LogP contribution in [0.5, 0.6) is 0 Å². The molecule has 1 aliphatic rings. The standard InChI is InChI=1S/C20H20N2O2/c23-20(19-14-17-18(24-19)7-4-10-21-17)22-11-8-16(9-12-22)13-15-5-2-1-3-6-15/h1-7,10,14,16H,8-9,11-13H2. The first-order chi connectivity index (χ1) is 11.8. The Bertz CT molecular complexity index is 800. The molecule has 1 saturated heterocycles. The summed E-state index contributed by atoms with van der Waals surface area (Å²) < 4.78 is 5.65. The molecule has 0 atom stereocenters. The van der Waals surface area contributed by atoms with Gasteiger partial charge in [0.05, 0.1) is 0 Å². The molecule has 4 nitrogen and oxygen atoms in total. The van der Waals surface area contributed by atoms with Crippen molar-refractivity contribution in [3.05, 3.63) is 66.1 Å². The molecule has 0 bridgehead atoms. The molecule has 1 amide bonds. The highest BCUT2D eigenvalue weighted by atomic mass is 16.3. The Hall–Kier alpha value is -2.62. The summed E-state index contributed by atoms with van der Waals surface area (Å²) >= 11 is 0. The van der Waals surface area contributed by atoms with Gasteiger partial charge in [-0.25, -0.2) is 0 Å². The monoisotopic (exact) mass is 320 g/mol. The van der Waals surface area contributed by atoms with E-state index in [-0.39, 0.29) is 5.91 Å². The lowest BCUT2D eigenvalue weighted by molar-refractivity contribution is 0.0661. The highest BCUT2D eigenvalue weighted by Gasteiger charge is 2.25. The zero-order valence-corrected chi connectivity index (χ0v) is 13.5. The van der Waals surface area contributed by atoms with Crippen LogP contribution >= 0.6 is 0 Å². The topological polar surface area (TPSA) is 46.3 Å². The summed E-state index contributed by atoms with van der Waals surface area (Å²) in [5.74, 6) is 1.02. The molecule has 2 aromatic heterocycles. The molecule has 4 heteroatoms. The fourth-order valence-electron chi connectivity index (χ4n) is 3.42. The Morgan fingerprint density at radius 2 is 1.92 bits per heavy atom. The minimum absolute atomic E-state index is 0.0221. The average molecular weight is 320 g/mol. The van der Waals surface area contributed by atoms with Crippen molar-refractivity contribution in [1.82, 2.24) is 9.88 Å². The minimum Gasteiger partial charge on any atom is -0.449 e. The van der Waals surface area contributed by atoms with Crippen LogP contribution < -0.4 is 0 Å². The lowest BCUT2D eigenvalue weighted by atomic mass is 9.90. The van der Waals surface area contributed by atoms with Crippen LogP contribution in [0.3, 0.4) is 0 Å². The predicted molar refractivity (Wildman–Crippen MR) is 92.8 cm³/mol. The fourth-order valence-corrected chi connectivity index (χ4v) is 3.42. The van der Waals surface area contributed by atoms with Crippen LogP contribution in [0.25, 0.3) is 11.1 Å². The molecule has 4 rings (SSSR count). The third-order valence-corrected chi connectivity index (χ3v) is 4.77. The fraction of sp³-hybridized carbons (Fsp3) is 0.300. The second kappa shape index (κ2) is 6.48. The van der Waals surface area contributed by atoms with E-state index in [1.165, 1.54) is 5.56 Å². The van der Waals surface area contributed by atoms with Crippen LogP contribution in [-0.2, 0) is 6.42 Å². The van der Waals surface area contributed by atoms with Gasteiger partial charge >= 0.3 is 0 Å². The predicted octanol–water partition coefficient (Wildman–Crippen LogP) is 3.92. The van der Waals surface area contributed by atoms with Crippen LogP contribution in [0, 0.1) is 5.92 Å².